The molecule has 0 bridgehead atoms. The minimum absolute atomic E-state index is 0.0466. The quantitative estimate of drug-likeness (QED) is 0.575. The predicted octanol–water partition coefficient (Wildman–Crippen LogP) is 3.58. The van der Waals surface area contributed by atoms with Gasteiger partial charge in [0, 0.05) is 6.42 Å². The van der Waals surface area contributed by atoms with Crippen LogP contribution >= 0.6 is 0 Å². The van der Waals surface area contributed by atoms with E-state index < -0.39 is 15.6 Å². The van der Waals surface area contributed by atoms with E-state index in [0.29, 0.717) is 18.8 Å². The van der Waals surface area contributed by atoms with E-state index in [1.807, 2.05) is 20.8 Å². The summed E-state index contributed by atoms with van der Waals surface area (Å²) in [6.45, 7) is 6.14. The number of hydrogen-bond acceptors (Lipinski definition) is 3. The lowest BCUT2D eigenvalue weighted by molar-refractivity contribution is -0.0525. The predicted molar refractivity (Wildman–Crippen MR) is 60.9 cm³/mol. The van der Waals surface area contributed by atoms with Gasteiger partial charge in [-0.3, -0.25) is 0 Å². The summed E-state index contributed by atoms with van der Waals surface area (Å²) >= 11 is 0. The third-order valence-corrected chi connectivity index (χ3v) is 4.09. The van der Waals surface area contributed by atoms with E-state index in [0.717, 1.165) is 0 Å². The van der Waals surface area contributed by atoms with E-state index in [1.54, 1.807) is 0 Å². The van der Waals surface area contributed by atoms with Crippen molar-refractivity contribution in [1.29, 1.82) is 0 Å². The Labute approximate surface area is 105 Å². The first-order valence-electron chi connectivity index (χ1n) is 5.63. The average molecular weight is 286 g/mol. The highest BCUT2D eigenvalue weighted by Crippen LogP contribution is 2.38. The van der Waals surface area contributed by atoms with Gasteiger partial charge in [-0.05, 0) is 30.3 Å². The highest BCUT2D eigenvalue weighted by atomic mass is 32.2. The maximum atomic E-state index is 12.1. The molecule has 7 heteroatoms. The van der Waals surface area contributed by atoms with Crippen LogP contribution in [0.5, 0.6) is 0 Å². The first-order valence-corrected chi connectivity index (χ1v) is 7.04. The summed E-state index contributed by atoms with van der Waals surface area (Å²) in [4.78, 5) is 0. The van der Waals surface area contributed by atoms with Crippen LogP contribution < -0.4 is 0 Å². The minimum Gasteiger partial charge on any atom is -0.381 e. The summed E-state index contributed by atoms with van der Waals surface area (Å²) in [5.41, 5.74) is -5.32. The SMILES string of the molecule is CC(C)(C)[C@H]1CC=C(OS(=O)(=O)C(F)(F)F)CC1. The fourth-order valence-corrected chi connectivity index (χ4v) is 2.39. The molecule has 0 saturated carbocycles. The molecule has 1 aliphatic rings. The van der Waals surface area contributed by atoms with E-state index in [9.17, 15) is 21.6 Å². The monoisotopic (exact) mass is 286 g/mol. The summed E-state index contributed by atoms with van der Waals surface area (Å²) in [5.74, 6) is 0.214. The lowest BCUT2D eigenvalue weighted by atomic mass is 9.74. The Balaban J connectivity index is 2.72. The molecule has 0 spiro atoms. The summed E-state index contributed by atoms with van der Waals surface area (Å²) in [7, 11) is -5.52. The number of alkyl halides is 3. The third-order valence-electron chi connectivity index (χ3n) is 3.09. The molecule has 3 nitrogen and oxygen atoms in total. The lowest BCUT2D eigenvalue weighted by Gasteiger charge is -2.32. The molecule has 0 radical (unpaired) electrons. The normalized spacial score (nSPS) is 22.6. The van der Waals surface area contributed by atoms with Crippen LogP contribution in [0.2, 0.25) is 0 Å². The Morgan fingerprint density at radius 2 is 1.83 bits per heavy atom. The molecule has 0 fully saturated rings. The van der Waals surface area contributed by atoms with Gasteiger partial charge in [0.15, 0.2) is 0 Å². The molecule has 0 aliphatic heterocycles. The summed E-state index contributed by atoms with van der Waals surface area (Å²) < 4.78 is 62.1. The Kier molecular flexibility index (Phi) is 4.05. The molecule has 1 atom stereocenters. The van der Waals surface area contributed by atoms with Crippen LogP contribution in [0.4, 0.5) is 13.2 Å². The van der Waals surface area contributed by atoms with Crippen LogP contribution in [0.1, 0.15) is 40.0 Å². The highest BCUT2D eigenvalue weighted by molar-refractivity contribution is 7.87. The standard InChI is InChI=1S/C11H17F3O3S/c1-10(2,3)8-4-6-9(7-5-8)17-18(15,16)11(12,13)14/h6,8H,4-5,7H2,1-3H3/t8-/m0/s1. The van der Waals surface area contributed by atoms with Crippen LogP contribution in [0.25, 0.3) is 0 Å². The molecule has 0 N–H and O–H groups in total. The van der Waals surface area contributed by atoms with Crippen molar-refractivity contribution in [3.05, 3.63) is 11.8 Å². The first kappa shape index (κ1) is 15.3. The zero-order valence-corrected chi connectivity index (χ0v) is 11.4. The molecule has 0 aromatic heterocycles. The maximum Gasteiger partial charge on any atom is 0.534 e. The molecule has 0 unspecified atom stereocenters. The molecule has 1 rings (SSSR count). The van der Waals surface area contributed by atoms with Gasteiger partial charge < -0.3 is 4.18 Å². The highest BCUT2D eigenvalue weighted by Gasteiger charge is 2.49. The fraction of sp³-hybridized carbons (Fsp3) is 0.818. The zero-order valence-electron chi connectivity index (χ0n) is 10.5. The van der Waals surface area contributed by atoms with Crippen LogP contribution in [0, 0.1) is 11.3 Å². The summed E-state index contributed by atoms with van der Waals surface area (Å²) in [6, 6.07) is 0. The second-order valence-corrected chi connectivity index (χ2v) is 7.03. The topological polar surface area (TPSA) is 43.4 Å². The molecule has 18 heavy (non-hydrogen) atoms. The van der Waals surface area contributed by atoms with Crippen LogP contribution in [0.15, 0.2) is 11.8 Å². The third kappa shape index (κ3) is 3.63. The van der Waals surface area contributed by atoms with Crippen LogP contribution in [-0.2, 0) is 14.3 Å². The Morgan fingerprint density at radius 3 is 2.17 bits per heavy atom. The van der Waals surface area contributed by atoms with E-state index in [1.165, 1.54) is 6.08 Å². The van der Waals surface area contributed by atoms with Gasteiger partial charge in [0.25, 0.3) is 0 Å². The smallest absolute Gasteiger partial charge is 0.381 e. The van der Waals surface area contributed by atoms with Gasteiger partial charge in [-0.25, -0.2) is 0 Å². The maximum absolute atomic E-state index is 12.1. The van der Waals surface area contributed by atoms with Crippen molar-refractivity contribution in [2.24, 2.45) is 11.3 Å². The Bertz CT molecular complexity index is 429. The summed E-state index contributed by atoms with van der Waals surface area (Å²) in [6.07, 6.45) is 2.83. The van der Waals surface area contributed by atoms with Crippen molar-refractivity contribution in [3.8, 4) is 0 Å². The lowest BCUT2D eigenvalue weighted by Crippen LogP contribution is -2.27. The van der Waals surface area contributed by atoms with Gasteiger partial charge in [0.05, 0.1) is 0 Å². The molecular weight excluding hydrogens is 269 g/mol. The van der Waals surface area contributed by atoms with Gasteiger partial charge in [-0.2, -0.15) is 21.6 Å². The first-order chi connectivity index (χ1) is 7.93. The molecule has 0 aromatic rings. The second kappa shape index (κ2) is 4.75. The van der Waals surface area contributed by atoms with Crippen molar-refractivity contribution in [2.75, 3.05) is 0 Å². The molecule has 0 aromatic carbocycles. The van der Waals surface area contributed by atoms with Gasteiger partial charge >= 0.3 is 15.6 Å². The number of rotatable bonds is 2. The molecule has 106 valence electrons. The largest absolute Gasteiger partial charge is 0.534 e. The number of halogens is 3. The fourth-order valence-electron chi connectivity index (χ4n) is 1.86. The van der Waals surface area contributed by atoms with Gasteiger partial charge in [0.2, 0.25) is 0 Å². The number of allylic oxidation sites excluding steroid dienone is 2. The Hall–Kier alpha value is -0.720. The van der Waals surface area contributed by atoms with Crippen LogP contribution in [0.3, 0.4) is 0 Å². The molecular formula is C11H17F3O3S. The van der Waals surface area contributed by atoms with Crippen molar-refractivity contribution < 1.29 is 25.8 Å². The number of hydrogen-bond donors (Lipinski definition) is 0. The minimum atomic E-state index is -5.52. The van der Waals surface area contributed by atoms with E-state index in [-0.39, 0.29) is 17.6 Å². The van der Waals surface area contributed by atoms with E-state index in [2.05, 4.69) is 4.18 Å². The zero-order chi connectivity index (χ0) is 14.2. The van der Waals surface area contributed by atoms with Crippen molar-refractivity contribution in [3.63, 3.8) is 0 Å². The average Bonchev–Trinajstić information content (AvgIpc) is 2.14. The molecule has 1 aliphatic carbocycles. The van der Waals surface area contributed by atoms with Crippen LogP contribution in [-0.4, -0.2) is 13.9 Å². The molecule has 0 heterocycles. The van der Waals surface area contributed by atoms with Crippen molar-refractivity contribution >= 4 is 10.1 Å². The molecule has 0 saturated heterocycles. The van der Waals surface area contributed by atoms with E-state index >= 15 is 0 Å². The Morgan fingerprint density at radius 1 is 1.28 bits per heavy atom. The van der Waals surface area contributed by atoms with Crippen molar-refractivity contribution in [1.82, 2.24) is 0 Å². The molecule has 0 amide bonds. The second-order valence-electron chi connectivity index (χ2n) is 5.49. The summed E-state index contributed by atoms with van der Waals surface area (Å²) in [5, 5.41) is 0. The van der Waals surface area contributed by atoms with Gasteiger partial charge in [0.1, 0.15) is 5.76 Å². The van der Waals surface area contributed by atoms with Gasteiger partial charge in [-0.15, -0.1) is 0 Å². The van der Waals surface area contributed by atoms with Crippen molar-refractivity contribution in [2.45, 2.75) is 45.5 Å². The van der Waals surface area contributed by atoms with Gasteiger partial charge in [-0.1, -0.05) is 20.8 Å². The van der Waals surface area contributed by atoms with E-state index in [4.69, 9.17) is 0 Å².